The first-order chi connectivity index (χ1) is 4.20. The van der Waals surface area contributed by atoms with E-state index >= 15 is 0 Å². The Morgan fingerprint density at radius 3 is 1.67 bits per heavy atom. The summed E-state index contributed by atoms with van der Waals surface area (Å²) >= 11 is 0. The van der Waals surface area contributed by atoms with Crippen molar-refractivity contribution in [2.24, 2.45) is 0 Å². The molecule has 2 saturated heterocycles. The van der Waals surface area contributed by atoms with Gasteiger partial charge in [0.25, 0.3) is 5.79 Å². The van der Waals surface area contributed by atoms with Crippen LogP contribution in [0.2, 0.25) is 0 Å². The Balaban J connectivity index is 2.01. The van der Waals surface area contributed by atoms with Crippen LogP contribution in [-0.2, 0) is 19.1 Å². The van der Waals surface area contributed by atoms with Gasteiger partial charge in [-0.05, 0) is 0 Å². The van der Waals surface area contributed by atoms with Gasteiger partial charge in [-0.15, -0.1) is 0 Å². The minimum Gasteiger partial charge on any atom is -0.421 e. The summed E-state index contributed by atoms with van der Waals surface area (Å²) in [5.41, 5.74) is 0. The van der Waals surface area contributed by atoms with Crippen LogP contribution in [0.3, 0.4) is 0 Å². The minimum absolute atomic E-state index is 0.235. The van der Waals surface area contributed by atoms with E-state index in [1.54, 1.807) is 0 Å². The van der Waals surface area contributed by atoms with Crippen molar-refractivity contribution in [1.82, 2.24) is 0 Å². The number of hydrogen-bond acceptors (Lipinski definition) is 4. The van der Waals surface area contributed by atoms with E-state index in [2.05, 4.69) is 9.47 Å². The molecule has 48 valence electrons. The topological polar surface area (TPSA) is 52.6 Å². The molecule has 0 radical (unpaired) electrons. The Hall–Kier alpha value is -1.06. The van der Waals surface area contributed by atoms with Crippen LogP contribution in [0.5, 0.6) is 0 Å². The van der Waals surface area contributed by atoms with E-state index in [0.29, 0.717) is 0 Å². The molecule has 0 aromatic heterocycles. The van der Waals surface area contributed by atoms with Gasteiger partial charge >= 0.3 is 11.9 Å². The van der Waals surface area contributed by atoms with Gasteiger partial charge < -0.3 is 9.47 Å². The lowest BCUT2D eigenvalue weighted by atomic mass is 10.00. The SMILES string of the molecule is O=C1CC2(CC(=O)O2)O1. The highest BCUT2D eigenvalue weighted by atomic mass is 16.8. The number of esters is 2. The minimum atomic E-state index is -0.811. The van der Waals surface area contributed by atoms with Crippen molar-refractivity contribution in [3.63, 3.8) is 0 Å². The number of ether oxygens (including phenoxy) is 2. The first-order valence-corrected chi connectivity index (χ1v) is 2.64. The molecule has 0 bridgehead atoms. The summed E-state index contributed by atoms with van der Waals surface area (Å²) in [5, 5.41) is 0. The van der Waals surface area contributed by atoms with Crippen molar-refractivity contribution in [2.75, 3.05) is 0 Å². The monoisotopic (exact) mass is 128 g/mol. The fourth-order valence-electron chi connectivity index (χ4n) is 0.994. The lowest BCUT2D eigenvalue weighted by Gasteiger charge is -2.44. The summed E-state index contributed by atoms with van der Waals surface area (Å²) in [7, 11) is 0. The molecular weight excluding hydrogens is 124 g/mol. The predicted octanol–water partition coefficient (Wildman–Crippen LogP) is -0.423. The van der Waals surface area contributed by atoms with Gasteiger partial charge in [0.05, 0.1) is 0 Å². The molecule has 0 atom stereocenters. The van der Waals surface area contributed by atoms with E-state index in [0.717, 1.165) is 0 Å². The maximum absolute atomic E-state index is 10.2. The van der Waals surface area contributed by atoms with Crippen LogP contribution in [0.15, 0.2) is 0 Å². The van der Waals surface area contributed by atoms with Gasteiger partial charge in [0.1, 0.15) is 12.8 Å². The summed E-state index contributed by atoms with van der Waals surface area (Å²) in [6.07, 6.45) is 0.470. The van der Waals surface area contributed by atoms with Gasteiger partial charge in [-0.1, -0.05) is 0 Å². The normalized spacial score (nSPS) is 28.0. The lowest BCUT2D eigenvalue weighted by molar-refractivity contribution is -0.304. The molecule has 0 aliphatic carbocycles. The third-order valence-electron chi connectivity index (χ3n) is 1.43. The Morgan fingerprint density at radius 2 is 1.44 bits per heavy atom. The van der Waals surface area contributed by atoms with Gasteiger partial charge in [-0.2, -0.15) is 0 Å². The summed E-state index contributed by atoms with van der Waals surface area (Å²) < 4.78 is 9.10. The van der Waals surface area contributed by atoms with Gasteiger partial charge in [0.15, 0.2) is 0 Å². The molecule has 4 heteroatoms. The Bertz CT molecular complexity index is 154. The lowest BCUT2D eigenvalue weighted by Crippen LogP contribution is -2.59. The van der Waals surface area contributed by atoms with Gasteiger partial charge in [0, 0.05) is 0 Å². The van der Waals surface area contributed by atoms with Crippen molar-refractivity contribution in [1.29, 1.82) is 0 Å². The quantitative estimate of drug-likeness (QED) is 0.415. The molecule has 0 N–H and O–H groups in total. The van der Waals surface area contributed by atoms with Crippen LogP contribution in [0, 0.1) is 0 Å². The van der Waals surface area contributed by atoms with Crippen molar-refractivity contribution < 1.29 is 19.1 Å². The van der Waals surface area contributed by atoms with E-state index in [-0.39, 0.29) is 24.8 Å². The standard InChI is InChI=1S/C5H4O4/c6-3-1-5(8-3)2-4(7)9-5/h1-2H2. The Kier molecular flexibility index (Phi) is 0.583. The molecule has 2 aliphatic heterocycles. The molecule has 0 aromatic rings. The first-order valence-electron chi connectivity index (χ1n) is 2.64. The Morgan fingerprint density at radius 1 is 1.11 bits per heavy atom. The molecule has 9 heavy (non-hydrogen) atoms. The summed E-state index contributed by atoms with van der Waals surface area (Å²) in [4.78, 5) is 20.4. The molecule has 0 unspecified atom stereocenters. The average molecular weight is 128 g/mol. The van der Waals surface area contributed by atoms with Crippen molar-refractivity contribution in [3.05, 3.63) is 0 Å². The third-order valence-corrected chi connectivity index (χ3v) is 1.43. The highest BCUT2D eigenvalue weighted by molar-refractivity contribution is 5.85. The third kappa shape index (κ3) is 0.472. The molecule has 2 fully saturated rings. The summed E-state index contributed by atoms with van der Waals surface area (Å²) in [5.74, 6) is -1.39. The zero-order chi connectivity index (χ0) is 6.48. The highest BCUT2D eigenvalue weighted by Crippen LogP contribution is 2.40. The first kappa shape index (κ1) is 4.78. The second-order valence-corrected chi connectivity index (χ2v) is 2.21. The zero-order valence-corrected chi connectivity index (χ0v) is 4.55. The fraction of sp³-hybridized carbons (Fsp3) is 0.600. The summed E-state index contributed by atoms with van der Waals surface area (Å²) in [6.45, 7) is 0. The molecule has 2 aliphatic rings. The fourth-order valence-corrected chi connectivity index (χ4v) is 0.994. The Labute approximate surface area is 50.7 Å². The second-order valence-electron chi connectivity index (χ2n) is 2.21. The highest BCUT2D eigenvalue weighted by Gasteiger charge is 2.58. The number of hydrogen-bond donors (Lipinski definition) is 0. The maximum Gasteiger partial charge on any atom is 0.317 e. The molecule has 4 nitrogen and oxygen atoms in total. The number of carbonyl (C=O) groups excluding carboxylic acids is 2. The van der Waals surface area contributed by atoms with Gasteiger partial charge in [0.2, 0.25) is 0 Å². The molecular formula is C5H4O4. The van der Waals surface area contributed by atoms with E-state index in [9.17, 15) is 9.59 Å². The zero-order valence-electron chi connectivity index (χ0n) is 4.55. The van der Waals surface area contributed by atoms with E-state index in [4.69, 9.17) is 0 Å². The number of carbonyl (C=O) groups is 2. The van der Waals surface area contributed by atoms with Gasteiger partial charge in [-0.25, -0.2) is 0 Å². The van der Waals surface area contributed by atoms with Crippen LogP contribution in [-0.4, -0.2) is 17.7 Å². The number of rotatable bonds is 0. The average Bonchev–Trinajstić information content (AvgIpc) is 1.58. The van der Waals surface area contributed by atoms with Crippen LogP contribution in [0.25, 0.3) is 0 Å². The van der Waals surface area contributed by atoms with E-state index in [1.165, 1.54) is 0 Å². The van der Waals surface area contributed by atoms with Crippen LogP contribution in [0.4, 0.5) is 0 Å². The molecule has 2 heterocycles. The molecule has 1 spiro atoms. The summed E-state index contributed by atoms with van der Waals surface area (Å²) in [6, 6.07) is 0. The largest absolute Gasteiger partial charge is 0.421 e. The van der Waals surface area contributed by atoms with E-state index < -0.39 is 5.79 Å². The molecule has 0 aromatic carbocycles. The van der Waals surface area contributed by atoms with Crippen LogP contribution < -0.4 is 0 Å². The van der Waals surface area contributed by atoms with Crippen molar-refractivity contribution >= 4 is 11.9 Å². The molecule has 0 saturated carbocycles. The van der Waals surface area contributed by atoms with Crippen molar-refractivity contribution in [2.45, 2.75) is 18.6 Å². The van der Waals surface area contributed by atoms with E-state index in [1.807, 2.05) is 0 Å². The molecule has 0 amide bonds. The predicted molar refractivity (Wildman–Crippen MR) is 24.1 cm³/mol. The van der Waals surface area contributed by atoms with Crippen molar-refractivity contribution in [3.8, 4) is 0 Å². The van der Waals surface area contributed by atoms with Crippen LogP contribution in [0.1, 0.15) is 12.8 Å². The second kappa shape index (κ2) is 1.10. The maximum atomic E-state index is 10.2. The van der Waals surface area contributed by atoms with Crippen LogP contribution >= 0.6 is 0 Å². The van der Waals surface area contributed by atoms with Gasteiger partial charge in [-0.3, -0.25) is 9.59 Å². The molecule has 2 rings (SSSR count). The smallest absolute Gasteiger partial charge is 0.317 e.